The van der Waals surface area contributed by atoms with Crippen LogP contribution < -0.4 is 5.32 Å². The minimum atomic E-state index is -0.304. The Balaban J connectivity index is 2.23. The van der Waals surface area contributed by atoms with Gasteiger partial charge < -0.3 is 5.32 Å². The second kappa shape index (κ2) is 5.14. The van der Waals surface area contributed by atoms with Gasteiger partial charge in [-0.05, 0) is 26.0 Å². The molecule has 18 heavy (non-hydrogen) atoms. The number of hydrogen-bond acceptors (Lipinski definition) is 3. The van der Waals surface area contributed by atoms with Crippen molar-refractivity contribution >= 4 is 23.8 Å². The van der Waals surface area contributed by atoms with Crippen molar-refractivity contribution in [3.63, 3.8) is 0 Å². The van der Waals surface area contributed by atoms with E-state index in [1.165, 1.54) is 0 Å². The summed E-state index contributed by atoms with van der Waals surface area (Å²) in [7, 11) is 0. The fourth-order valence-electron chi connectivity index (χ4n) is 1.52. The van der Waals surface area contributed by atoms with Crippen LogP contribution in [0.25, 0.3) is 0 Å². The number of nitrogens with zero attached hydrogens (tertiary/aromatic N) is 2. The SMILES string of the molecule is CC(C)n1[nH]nc(C(=O)Nc2ccccc2)c1=S. The van der Waals surface area contributed by atoms with Gasteiger partial charge in [0.1, 0.15) is 0 Å². The van der Waals surface area contributed by atoms with Crippen LogP contribution in [0.3, 0.4) is 0 Å². The monoisotopic (exact) mass is 262 g/mol. The minimum absolute atomic E-state index is 0.142. The molecule has 0 unspecified atom stereocenters. The summed E-state index contributed by atoms with van der Waals surface area (Å²) in [6, 6.07) is 9.35. The molecule has 1 aromatic heterocycles. The highest BCUT2D eigenvalue weighted by atomic mass is 32.1. The highest BCUT2D eigenvalue weighted by molar-refractivity contribution is 7.71. The number of carbonyl (C=O) groups excluding carboxylic acids is 1. The van der Waals surface area contributed by atoms with Crippen molar-refractivity contribution in [3.8, 4) is 0 Å². The molecule has 0 bridgehead atoms. The molecule has 0 aliphatic heterocycles. The van der Waals surface area contributed by atoms with Gasteiger partial charge in [0.25, 0.3) is 5.91 Å². The van der Waals surface area contributed by atoms with Crippen LogP contribution in [0.4, 0.5) is 5.69 Å². The molecule has 1 heterocycles. The van der Waals surface area contributed by atoms with Gasteiger partial charge in [0.15, 0.2) is 10.3 Å². The summed E-state index contributed by atoms with van der Waals surface area (Å²) in [5.41, 5.74) is 0.957. The first-order valence-electron chi connectivity index (χ1n) is 5.63. The zero-order valence-corrected chi connectivity index (χ0v) is 11.0. The second-order valence-electron chi connectivity index (χ2n) is 4.15. The molecule has 94 valence electrons. The molecule has 0 aliphatic carbocycles. The summed E-state index contributed by atoms with van der Waals surface area (Å²) < 4.78 is 2.09. The Morgan fingerprint density at radius 3 is 2.61 bits per heavy atom. The normalized spacial score (nSPS) is 10.6. The molecule has 0 aliphatic rings. The van der Waals surface area contributed by atoms with Crippen molar-refractivity contribution in [1.82, 2.24) is 15.0 Å². The molecule has 0 fully saturated rings. The van der Waals surface area contributed by atoms with E-state index in [1.807, 2.05) is 44.2 Å². The van der Waals surface area contributed by atoms with Crippen LogP contribution in [-0.2, 0) is 0 Å². The van der Waals surface area contributed by atoms with E-state index >= 15 is 0 Å². The summed E-state index contributed by atoms with van der Waals surface area (Å²) in [6.07, 6.45) is 0. The molecular formula is C12H14N4OS. The minimum Gasteiger partial charge on any atom is -0.321 e. The lowest BCUT2D eigenvalue weighted by molar-refractivity contribution is 0.102. The third-order valence-corrected chi connectivity index (χ3v) is 2.84. The Hall–Kier alpha value is -1.95. The molecule has 1 aromatic carbocycles. The predicted octanol–water partition coefficient (Wildman–Crippen LogP) is 2.77. The standard InChI is InChI=1S/C12H14N4OS/c1-8(2)16-12(18)10(14-15-16)11(17)13-9-6-4-3-5-7-9/h3-8,15H,1-2H3,(H,13,17). The van der Waals surface area contributed by atoms with Gasteiger partial charge in [-0.3, -0.25) is 9.48 Å². The number of benzene rings is 1. The van der Waals surface area contributed by atoms with Gasteiger partial charge in [0, 0.05) is 11.7 Å². The fraction of sp³-hybridized carbons (Fsp3) is 0.250. The number of carbonyl (C=O) groups is 1. The summed E-state index contributed by atoms with van der Waals surface area (Å²) in [6.45, 7) is 3.93. The fourth-order valence-corrected chi connectivity index (χ4v) is 1.91. The Morgan fingerprint density at radius 2 is 2.06 bits per heavy atom. The van der Waals surface area contributed by atoms with E-state index < -0.39 is 0 Å². The van der Waals surface area contributed by atoms with E-state index in [9.17, 15) is 4.79 Å². The van der Waals surface area contributed by atoms with Gasteiger partial charge >= 0.3 is 0 Å². The molecule has 0 atom stereocenters. The molecule has 5 nitrogen and oxygen atoms in total. The quantitative estimate of drug-likeness (QED) is 0.836. The van der Waals surface area contributed by atoms with E-state index in [4.69, 9.17) is 12.2 Å². The molecular weight excluding hydrogens is 248 g/mol. The summed E-state index contributed by atoms with van der Waals surface area (Å²) in [5, 5.41) is 9.45. The van der Waals surface area contributed by atoms with E-state index in [-0.39, 0.29) is 17.6 Å². The number of aromatic nitrogens is 3. The first-order chi connectivity index (χ1) is 8.59. The Bertz CT molecular complexity index is 600. The number of H-pyrrole nitrogens is 1. The maximum absolute atomic E-state index is 12.0. The first-order valence-corrected chi connectivity index (χ1v) is 6.03. The van der Waals surface area contributed by atoms with Crippen LogP contribution in [0.5, 0.6) is 0 Å². The average Bonchev–Trinajstić information content (AvgIpc) is 2.72. The number of para-hydroxylation sites is 1. The van der Waals surface area contributed by atoms with E-state index in [2.05, 4.69) is 15.6 Å². The van der Waals surface area contributed by atoms with Gasteiger partial charge in [-0.25, -0.2) is 5.21 Å². The van der Waals surface area contributed by atoms with Gasteiger partial charge in [-0.1, -0.05) is 30.4 Å². The summed E-state index contributed by atoms with van der Waals surface area (Å²) in [5.74, 6) is -0.304. The highest BCUT2D eigenvalue weighted by Gasteiger charge is 2.14. The molecule has 0 saturated carbocycles. The zero-order chi connectivity index (χ0) is 13.1. The Morgan fingerprint density at radius 1 is 1.39 bits per heavy atom. The van der Waals surface area contributed by atoms with Gasteiger partial charge in [-0.2, -0.15) is 5.10 Å². The lowest BCUT2D eigenvalue weighted by Crippen LogP contribution is -2.13. The largest absolute Gasteiger partial charge is 0.321 e. The summed E-state index contributed by atoms with van der Waals surface area (Å²) >= 11 is 5.20. The Labute approximate surface area is 110 Å². The molecule has 0 spiro atoms. The van der Waals surface area contributed by atoms with Gasteiger partial charge in [-0.15, -0.1) is 0 Å². The molecule has 2 rings (SSSR count). The summed E-state index contributed by atoms with van der Waals surface area (Å²) in [4.78, 5) is 12.0. The number of aromatic amines is 1. The van der Waals surface area contributed by atoms with E-state index in [1.54, 1.807) is 4.68 Å². The zero-order valence-electron chi connectivity index (χ0n) is 10.2. The van der Waals surface area contributed by atoms with Crippen LogP contribution in [0.15, 0.2) is 30.3 Å². The van der Waals surface area contributed by atoms with Crippen molar-refractivity contribution in [2.24, 2.45) is 0 Å². The van der Waals surface area contributed by atoms with Crippen molar-refractivity contribution in [2.75, 3.05) is 5.32 Å². The number of rotatable bonds is 3. The van der Waals surface area contributed by atoms with Crippen molar-refractivity contribution in [2.45, 2.75) is 19.9 Å². The molecule has 2 aromatic rings. The third kappa shape index (κ3) is 2.48. The average molecular weight is 262 g/mol. The van der Waals surface area contributed by atoms with Crippen LogP contribution in [0.1, 0.15) is 30.4 Å². The van der Waals surface area contributed by atoms with Gasteiger partial charge in [0.05, 0.1) is 0 Å². The number of nitrogens with one attached hydrogen (secondary N) is 2. The Kier molecular flexibility index (Phi) is 3.57. The number of anilines is 1. The van der Waals surface area contributed by atoms with Crippen LogP contribution >= 0.6 is 12.2 Å². The van der Waals surface area contributed by atoms with E-state index in [0.29, 0.717) is 4.64 Å². The van der Waals surface area contributed by atoms with Crippen molar-refractivity contribution in [1.29, 1.82) is 0 Å². The van der Waals surface area contributed by atoms with Crippen molar-refractivity contribution in [3.05, 3.63) is 40.7 Å². The van der Waals surface area contributed by atoms with Crippen LogP contribution in [-0.4, -0.2) is 20.9 Å². The van der Waals surface area contributed by atoms with Gasteiger partial charge in [0.2, 0.25) is 0 Å². The number of hydrogen-bond donors (Lipinski definition) is 2. The molecule has 0 radical (unpaired) electrons. The smallest absolute Gasteiger partial charge is 0.279 e. The van der Waals surface area contributed by atoms with Crippen LogP contribution in [0, 0.1) is 4.64 Å². The first kappa shape index (κ1) is 12.5. The molecule has 2 N–H and O–H groups in total. The predicted molar refractivity (Wildman–Crippen MR) is 72.2 cm³/mol. The lowest BCUT2D eigenvalue weighted by atomic mass is 10.3. The maximum Gasteiger partial charge on any atom is 0.279 e. The van der Waals surface area contributed by atoms with Crippen molar-refractivity contribution < 1.29 is 4.79 Å². The second-order valence-corrected chi connectivity index (χ2v) is 4.54. The maximum atomic E-state index is 12.0. The van der Waals surface area contributed by atoms with E-state index in [0.717, 1.165) is 5.69 Å². The van der Waals surface area contributed by atoms with Crippen LogP contribution in [0.2, 0.25) is 0 Å². The molecule has 0 saturated heterocycles. The lowest BCUT2D eigenvalue weighted by Gasteiger charge is -2.04. The number of amides is 1. The highest BCUT2D eigenvalue weighted by Crippen LogP contribution is 2.10. The third-order valence-electron chi connectivity index (χ3n) is 2.45. The molecule has 1 amide bonds. The topological polar surface area (TPSA) is 62.7 Å². The molecule has 6 heteroatoms.